The Bertz CT molecular complexity index is 864. The Balaban J connectivity index is 1.36. The molecule has 4 rings (SSSR count). The van der Waals surface area contributed by atoms with Gasteiger partial charge < -0.3 is 10.2 Å². The Kier molecular flexibility index (Phi) is 5.09. The first-order chi connectivity index (χ1) is 13.6. The molecule has 2 amide bonds. The van der Waals surface area contributed by atoms with Gasteiger partial charge in [0.2, 0.25) is 0 Å². The Morgan fingerprint density at radius 1 is 1.11 bits per heavy atom. The third-order valence-electron chi connectivity index (χ3n) is 5.64. The van der Waals surface area contributed by atoms with Crippen LogP contribution in [0.2, 0.25) is 0 Å². The zero-order valence-electron chi connectivity index (χ0n) is 16.5. The van der Waals surface area contributed by atoms with Crippen molar-refractivity contribution in [2.24, 2.45) is 0 Å². The number of hydrogen-bond acceptors (Lipinski definition) is 3. The van der Waals surface area contributed by atoms with Crippen LogP contribution in [0, 0.1) is 6.92 Å². The highest BCUT2D eigenvalue weighted by Gasteiger charge is 2.39. The summed E-state index contributed by atoms with van der Waals surface area (Å²) in [7, 11) is 0. The minimum atomic E-state index is -0.334. The van der Waals surface area contributed by atoms with Crippen LogP contribution in [-0.2, 0) is 11.3 Å². The van der Waals surface area contributed by atoms with Crippen molar-refractivity contribution in [2.45, 2.75) is 38.7 Å². The fourth-order valence-corrected chi connectivity index (χ4v) is 3.71. The summed E-state index contributed by atoms with van der Waals surface area (Å²) in [6, 6.07) is 16.4. The average Bonchev–Trinajstić information content (AvgIpc) is 3.13. The van der Waals surface area contributed by atoms with E-state index in [1.807, 2.05) is 17.0 Å². The normalized spacial score (nSPS) is 17.9. The van der Waals surface area contributed by atoms with Crippen molar-refractivity contribution in [3.05, 3.63) is 71.3 Å². The van der Waals surface area contributed by atoms with Gasteiger partial charge in [-0.2, -0.15) is 0 Å². The number of hydrogen-bond donors (Lipinski definition) is 2. The van der Waals surface area contributed by atoms with Crippen LogP contribution in [0.1, 0.15) is 36.5 Å². The Hall–Kier alpha value is -2.79. The summed E-state index contributed by atoms with van der Waals surface area (Å²) in [6.07, 6.45) is 4.72. The monoisotopic (exact) mass is 377 g/mol. The van der Waals surface area contributed by atoms with Crippen molar-refractivity contribution in [1.82, 2.24) is 10.4 Å². The van der Waals surface area contributed by atoms with Crippen LogP contribution in [0.3, 0.4) is 0 Å². The molecule has 0 unspecified atom stereocenters. The zero-order valence-corrected chi connectivity index (χ0v) is 16.5. The lowest BCUT2D eigenvalue weighted by molar-refractivity contribution is -0.0634. The molecule has 2 heterocycles. The number of amides is 2. The van der Waals surface area contributed by atoms with Crippen molar-refractivity contribution in [3.8, 4) is 0 Å². The summed E-state index contributed by atoms with van der Waals surface area (Å²) >= 11 is 0. The van der Waals surface area contributed by atoms with Gasteiger partial charge in [0.05, 0.1) is 5.70 Å². The van der Waals surface area contributed by atoms with Gasteiger partial charge in [-0.25, -0.2) is 4.79 Å². The number of benzene rings is 2. The molecule has 0 saturated carbocycles. The molecule has 0 aliphatic carbocycles. The third kappa shape index (κ3) is 3.90. The summed E-state index contributed by atoms with van der Waals surface area (Å²) in [5, 5.41) is 3.00. The Labute approximate surface area is 166 Å². The molecule has 1 fully saturated rings. The van der Waals surface area contributed by atoms with Crippen molar-refractivity contribution in [2.75, 3.05) is 18.4 Å². The highest BCUT2D eigenvalue weighted by atomic mass is 16.7. The number of carbonyl (C=O) groups is 1. The van der Waals surface area contributed by atoms with Crippen LogP contribution >= 0.6 is 0 Å². The fraction of sp³-hybridized carbons (Fsp3) is 0.348. The van der Waals surface area contributed by atoms with E-state index in [1.165, 1.54) is 11.1 Å². The van der Waals surface area contributed by atoms with Gasteiger partial charge in [0.25, 0.3) is 0 Å². The minimum absolute atomic E-state index is 0.0483. The van der Waals surface area contributed by atoms with Crippen LogP contribution in [0.25, 0.3) is 5.70 Å². The number of anilines is 1. The van der Waals surface area contributed by atoms with Crippen LogP contribution < -0.4 is 10.8 Å². The molecule has 2 aliphatic rings. The third-order valence-corrected chi connectivity index (χ3v) is 5.64. The molecule has 2 aromatic rings. The second-order valence-electron chi connectivity index (χ2n) is 7.66. The second kappa shape index (κ2) is 7.68. The summed E-state index contributed by atoms with van der Waals surface area (Å²) in [4.78, 5) is 20.4. The number of hydroxylamine groups is 1. The lowest BCUT2D eigenvalue weighted by atomic mass is 9.90. The zero-order chi connectivity index (χ0) is 19.6. The number of urea groups is 1. The largest absolute Gasteiger partial charge is 0.324 e. The van der Waals surface area contributed by atoms with E-state index in [0.29, 0.717) is 13.1 Å². The van der Waals surface area contributed by atoms with Gasteiger partial charge in [0.15, 0.2) is 0 Å². The van der Waals surface area contributed by atoms with Gasteiger partial charge >= 0.3 is 6.03 Å². The lowest BCUT2D eigenvalue weighted by Crippen LogP contribution is -2.48. The summed E-state index contributed by atoms with van der Waals surface area (Å²) in [5.41, 5.74) is 8.23. The number of aryl methyl sites for hydroxylation is 2. The number of carbonyl (C=O) groups excluding carboxylic acids is 1. The Morgan fingerprint density at radius 2 is 1.79 bits per heavy atom. The Morgan fingerprint density at radius 3 is 2.43 bits per heavy atom. The second-order valence-corrected chi connectivity index (χ2v) is 7.66. The van der Waals surface area contributed by atoms with E-state index < -0.39 is 0 Å². The SMILES string of the molecule is CCc1ccc(NC(=O)N2CCC3(C=C(c4ccc(C)cc4)NO3)CC2)cc1. The highest BCUT2D eigenvalue weighted by Crippen LogP contribution is 2.34. The van der Waals surface area contributed by atoms with Crippen molar-refractivity contribution in [3.63, 3.8) is 0 Å². The van der Waals surface area contributed by atoms with E-state index >= 15 is 0 Å². The molecule has 0 atom stereocenters. The number of nitrogens with one attached hydrogen (secondary N) is 2. The molecule has 146 valence electrons. The first kappa shape index (κ1) is 18.6. The van der Waals surface area contributed by atoms with E-state index in [-0.39, 0.29) is 11.6 Å². The molecule has 5 heteroatoms. The molecule has 2 N–H and O–H groups in total. The van der Waals surface area contributed by atoms with Crippen molar-refractivity contribution >= 4 is 17.4 Å². The van der Waals surface area contributed by atoms with Gasteiger partial charge in [0.1, 0.15) is 5.60 Å². The minimum Gasteiger partial charge on any atom is -0.324 e. The smallest absolute Gasteiger partial charge is 0.321 e. The highest BCUT2D eigenvalue weighted by molar-refractivity contribution is 5.89. The molecule has 0 bridgehead atoms. The van der Waals surface area contributed by atoms with E-state index in [2.05, 4.69) is 67.1 Å². The van der Waals surface area contributed by atoms with Gasteiger partial charge in [-0.05, 0) is 42.7 Å². The topological polar surface area (TPSA) is 53.6 Å². The molecule has 1 spiro atoms. The molecule has 0 aromatic heterocycles. The first-order valence-electron chi connectivity index (χ1n) is 9.96. The predicted octanol–water partition coefficient (Wildman–Crippen LogP) is 4.50. The molecule has 0 radical (unpaired) electrons. The maximum Gasteiger partial charge on any atom is 0.321 e. The number of likely N-dealkylation sites (tertiary alicyclic amines) is 1. The number of rotatable bonds is 3. The lowest BCUT2D eigenvalue weighted by Gasteiger charge is -2.36. The average molecular weight is 377 g/mol. The molecular formula is C23H27N3O2. The molecule has 2 aromatic carbocycles. The number of piperidine rings is 1. The quantitative estimate of drug-likeness (QED) is 0.828. The molecular weight excluding hydrogens is 350 g/mol. The molecule has 2 aliphatic heterocycles. The van der Waals surface area contributed by atoms with E-state index in [0.717, 1.165) is 36.2 Å². The van der Waals surface area contributed by atoms with Gasteiger partial charge in [-0.1, -0.05) is 48.9 Å². The molecule has 1 saturated heterocycles. The molecule has 5 nitrogen and oxygen atoms in total. The van der Waals surface area contributed by atoms with Gasteiger partial charge in [-0.15, -0.1) is 0 Å². The van der Waals surface area contributed by atoms with Crippen LogP contribution in [0.4, 0.5) is 10.5 Å². The maximum absolute atomic E-state index is 12.6. The van der Waals surface area contributed by atoms with Crippen molar-refractivity contribution < 1.29 is 9.63 Å². The summed E-state index contributed by atoms with van der Waals surface area (Å²) in [6.45, 7) is 5.53. The van der Waals surface area contributed by atoms with Gasteiger partial charge in [0, 0.05) is 31.6 Å². The molecule has 28 heavy (non-hydrogen) atoms. The fourth-order valence-electron chi connectivity index (χ4n) is 3.71. The van der Waals surface area contributed by atoms with Crippen LogP contribution in [0.15, 0.2) is 54.6 Å². The number of nitrogens with zero attached hydrogens (tertiary/aromatic N) is 1. The van der Waals surface area contributed by atoms with E-state index in [9.17, 15) is 4.79 Å². The van der Waals surface area contributed by atoms with E-state index in [1.54, 1.807) is 0 Å². The first-order valence-corrected chi connectivity index (χ1v) is 9.96. The maximum atomic E-state index is 12.6. The summed E-state index contributed by atoms with van der Waals surface area (Å²) < 4.78 is 0. The van der Waals surface area contributed by atoms with Crippen LogP contribution in [0.5, 0.6) is 0 Å². The van der Waals surface area contributed by atoms with Crippen LogP contribution in [-0.4, -0.2) is 29.6 Å². The van der Waals surface area contributed by atoms with Gasteiger partial charge in [-0.3, -0.25) is 10.3 Å². The predicted molar refractivity (Wildman–Crippen MR) is 112 cm³/mol. The summed E-state index contributed by atoms with van der Waals surface area (Å²) in [5.74, 6) is 0. The van der Waals surface area contributed by atoms with Crippen molar-refractivity contribution in [1.29, 1.82) is 0 Å². The standard InChI is InChI=1S/C23H27N3O2/c1-3-18-6-10-20(11-7-18)24-22(27)26-14-12-23(13-15-26)16-21(25-28-23)19-8-4-17(2)5-9-19/h4-11,16,25H,3,12-15H2,1-2H3,(H,24,27). The van der Waals surface area contributed by atoms with E-state index in [4.69, 9.17) is 4.84 Å².